The van der Waals surface area contributed by atoms with Gasteiger partial charge in [0.2, 0.25) is 0 Å². The summed E-state index contributed by atoms with van der Waals surface area (Å²) in [5.41, 5.74) is 1.77. The van der Waals surface area contributed by atoms with Gasteiger partial charge in [0, 0.05) is 32.3 Å². The van der Waals surface area contributed by atoms with Crippen molar-refractivity contribution in [3.05, 3.63) is 24.2 Å². The van der Waals surface area contributed by atoms with E-state index in [9.17, 15) is 0 Å². The van der Waals surface area contributed by atoms with Crippen molar-refractivity contribution in [3.63, 3.8) is 0 Å². The van der Waals surface area contributed by atoms with E-state index in [2.05, 4.69) is 34.2 Å². The molecule has 0 aliphatic heterocycles. The molecule has 1 N–H and O–H groups in total. The molecule has 18 heavy (non-hydrogen) atoms. The van der Waals surface area contributed by atoms with E-state index in [1.807, 2.05) is 25.4 Å². The predicted octanol–water partition coefficient (Wildman–Crippen LogP) is 2.26. The summed E-state index contributed by atoms with van der Waals surface area (Å²) in [6.07, 6.45) is 3.85. The van der Waals surface area contributed by atoms with Gasteiger partial charge in [0.15, 0.2) is 0 Å². The van der Waals surface area contributed by atoms with Crippen molar-refractivity contribution < 1.29 is 0 Å². The van der Waals surface area contributed by atoms with E-state index in [-0.39, 0.29) is 0 Å². The first kappa shape index (κ1) is 12.5. The van der Waals surface area contributed by atoms with E-state index in [4.69, 9.17) is 0 Å². The standard InChI is InChI=1S/C13H19N5/c1-4-6-12-15-11(9-13(16-12)14-5-2)10-7-8-18(3)17-10/h7-9H,4-6H2,1-3H3,(H,14,15,16). The first-order valence-electron chi connectivity index (χ1n) is 6.34. The Morgan fingerprint density at radius 3 is 2.67 bits per heavy atom. The molecule has 2 heterocycles. The molecular weight excluding hydrogens is 226 g/mol. The first-order chi connectivity index (χ1) is 8.72. The molecule has 0 saturated carbocycles. The van der Waals surface area contributed by atoms with Crippen molar-refractivity contribution in [2.75, 3.05) is 11.9 Å². The van der Waals surface area contributed by atoms with Gasteiger partial charge in [-0.3, -0.25) is 4.68 Å². The van der Waals surface area contributed by atoms with Crippen LogP contribution in [0, 0.1) is 0 Å². The van der Waals surface area contributed by atoms with Crippen LogP contribution in [0.15, 0.2) is 18.3 Å². The Hall–Kier alpha value is -1.91. The highest BCUT2D eigenvalue weighted by atomic mass is 15.3. The molecule has 0 atom stereocenters. The van der Waals surface area contributed by atoms with Crippen LogP contribution in [0.5, 0.6) is 0 Å². The molecule has 0 saturated heterocycles. The first-order valence-corrected chi connectivity index (χ1v) is 6.34. The summed E-state index contributed by atoms with van der Waals surface area (Å²) in [6.45, 7) is 5.04. The highest BCUT2D eigenvalue weighted by Gasteiger charge is 2.08. The van der Waals surface area contributed by atoms with Gasteiger partial charge in [0.1, 0.15) is 17.3 Å². The topological polar surface area (TPSA) is 55.6 Å². The van der Waals surface area contributed by atoms with E-state index >= 15 is 0 Å². The lowest BCUT2D eigenvalue weighted by atomic mass is 10.2. The summed E-state index contributed by atoms with van der Waals surface area (Å²) in [4.78, 5) is 9.05. The molecule has 0 amide bonds. The Balaban J connectivity index is 2.39. The van der Waals surface area contributed by atoms with Crippen LogP contribution in [0.3, 0.4) is 0 Å². The Kier molecular flexibility index (Phi) is 3.92. The molecule has 0 aliphatic carbocycles. The molecule has 0 spiro atoms. The van der Waals surface area contributed by atoms with Crippen LogP contribution in [0.1, 0.15) is 26.1 Å². The highest BCUT2D eigenvalue weighted by molar-refractivity contribution is 5.58. The fourth-order valence-corrected chi connectivity index (χ4v) is 1.79. The zero-order valence-electron chi connectivity index (χ0n) is 11.1. The number of anilines is 1. The number of aromatic nitrogens is 4. The molecule has 5 nitrogen and oxygen atoms in total. The Morgan fingerprint density at radius 1 is 1.22 bits per heavy atom. The van der Waals surface area contributed by atoms with Gasteiger partial charge in [-0.05, 0) is 19.4 Å². The third-order valence-electron chi connectivity index (χ3n) is 2.58. The third kappa shape index (κ3) is 2.85. The lowest BCUT2D eigenvalue weighted by molar-refractivity contribution is 0.768. The van der Waals surface area contributed by atoms with Crippen molar-refractivity contribution >= 4 is 5.82 Å². The van der Waals surface area contributed by atoms with E-state index in [1.165, 1.54) is 0 Å². The minimum absolute atomic E-state index is 0.851. The van der Waals surface area contributed by atoms with Crippen molar-refractivity contribution in [3.8, 4) is 11.4 Å². The maximum atomic E-state index is 4.56. The van der Waals surface area contributed by atoms with Crippen molar-refractivity contribution in [1.82, 2.24) is 19.7 Å². The van der Waals surface area contributed by atoms with Crippen LogP contribution in [0.4, 0.5) is 5.82 Å². The second-order valence-corrected chi connectivity index (χ2v) is 4.21. The van der Waals surface area contributed by atoms with Crippen molar-refractivity contribution in [2.45, 2.75) is 26.7 Å². The molecule has 0 radical (unpaired) electrons. The Morgan fingerprint density at radius 2 is 2.06 bits per heavy atom. The minimum Gasteiger partial charge on any atom is -0.370 e. The maximum Gasteiger partial charge on any atom is 0.131 e. The van der Waals surface area contributed by atoms with Crippen molar-refractivity contribution in [2.24, 2.45) is 7.05 Å². The molecule has 2 aromatic rings. The average molecular weight is 245 g/mol. The van der Waals surface area contributed by atoms with E-state index in [0.29, 0.717) is 0 Å². The maximum absolute atomic E-state index is 4.56. The van der Waals surface area contributed by atoms with Gasteiger partial charge in [0.25, 0.3) is 0 Å². The molecule has 0 fully saturated rings. The van der Waals surface area contributed by atoms with Gasteiger partial charge in [-0.1, -0.05) is 6.92 Å². The summed E-state index contributed by atoms with van der Waals surface area (Å²) in [7, 11) is 1.91. The van der Waals surface area contributed by atoms with Crippen LogP contribution >= 0.6 is 0 Å². The number of aryl methyl sites for hydroxylation is 2. The fourth-order valence-electron chi connectivity index (χ4n) is 1.79. The Labute approximate surface area is 107 Å². The molecule has 2 rings (SSSR count). The van der Waals surface area contributed by atoms with Gasteiger partial charge >= 0.3 is 0 Å². The van der Waals surface area contributed by atoms with E-state index < -0.39 is 0 Å². The van der Waals surface area contributed by atoms with Gasteiger partial charge in [0.05, 0.1) is 5.69 Å². The summed E-state index contributed by atoms with van der Waals surface area (Å²) in [6, 6.07) is 3.92. The summed E-state index contributed by atoms with van der Waals surface area (Å²) < 4.78 is 1.78. The average Bonchev–Trinajstić information content (AvgIpc) is 2.76. The number of hydrogen-bond acceptors (Lipinski definition) is 4. The quantitative estimate of drug-likeness (QED) is 0.878. The number of nitrogens with zero attached hydrogens (tertiary/aromatic N) is 4. The molecule has 0 aromatic carbocycles. The zero-order valence-corrected chi connectivity index (χ0v) is 11.1. The zero-order chi connectivity index (χ0) is 13.0. The summed E-state index contributed by atoms with van der Waals surface area (Å²) in [5.74, 6) is 1.74. The van der Waals surface area contributed by atoms with Crippen molar-refractivity contribution in [1.29, 1.82) is 0 Å². The van der Waals surface area contributed by atoms with Gasteiger partial charge in [-0.15, -0.1) is 0 Å². The monoisotopic (exact) mass is 245 g/mol. The third-order valence-corrected chi connectivity index (χ3v) is 2.58. The number of rotatable bonds is 5. The SMILES string of the molecule is CCCc1nc(NCC)cc(-c2ccn(C)n2)n1. The predicted molar refractivity (Wildman–Crippen MR) is 72.4 cm³/mol. The summed E-state index contributed by atoms with van der Waals surface area (Å²) >= 11 is 0. The van der Waals surface area contributed by atoms with Gasteiger partial charge in [-0.2, -0.15) is 5.10 Å². The lowest BCUT2D eigenvalue weighted by Crippen LogP contribution is -2.05. The molecule has 0 unspecified atom stereocenters. The van der Waals surface area contributed by atoms with E-state index in [1.54, 1.807) is 4.68 Å². The van der Waals surface area contributed by atoms with Gasteiger partial charge < -0.3 is 5.32 Å². The second-order valence-electron chi connectivity index (χ2n) is 4.21. The van der Waals surface area contributed by atoms with Crippen LogP contribution < -0.4 is 5.32 Å². The largest absolute Gasteiger partial charge is 0.370 e. The molecular formula is C13H19N5. The fraction of sp³-hybridized carbons (Fsp3) is 0.462. The molecule has 0 aliphatic rings. The van der Waals surface area contributed by atoms with Gasteiger partial charge in [-0.25, -0.2) is 9.97 Å². The number of nitrogens with one attached hydrogen (secondary N) is 1. The molecule has 0 bridgehead atoms. The minimum atomic E-state index is 0.851. The van der Waals surface area contributed by atoms with E-state index in [0.717, 1.165) is 42.4 Å². The molecule has 96 valence electrons. The van der Waals surface area contributed by atoms with Crippen LogP contribution in [0.2, 0.25) is 0 Å². The molecule has 5 heteroatoms. The van der Waals surface area contributed by atoms with Crippen LogP contribution in [-0.2, 0) is 13.5 Å². The normalized spacial score (nSPS) is 10.6. The molecule has 2 aromatic heterocycles. The van der Waals surface area contributed by atoms with Crippen LogP contribution in [-0.4, -0.2) is 26.3 Å². The highest BCUT2D eigenvalue weighted by Crippen LogP contribution is 2.18. The van der Waals surface area contributed by atoms with Crippen LogP contribution in [0.25, 0.3) is 11.4 Å². The second kappa shape index (κ2) is 5.62. The lowest BCUT2D eigenvalue weighted by Gasteiger charge is -2.07. The summed E-state index contributed by atoms with van der Waals surface area (Å²) in [5, 5.41) is 7.62. The smallest absolute Gasteiger partial charge is 0.131 e. The Bertz CT molecular complexity index is 494. The number of hydrogen-bond donors (Lipinski definition) is 1.